The molecule has 0 aliphatic heterocycles. The Hall–Kier alpha value is -0.850. The van der Waals surface area contributed by atoms with E-state index in [4.69, 9.17) is 0 Å². The Morgan fingerprint density at radius 1 is 1.38 bits per heavy atom. The third-order valence-corrected chi connectivity index (χ3v) is 5.92. The van der Waals surface area contributed by atoms with Crippen LogP contribution in [0, 0.1) is 5.92 Å². The molecule has 2 N–H and O–H groups in total. The first kappa shape index (κ1) is 16.5. The van der Waals surface area contributed by atoms with Crippen LogP contribution in [-0.2, 0) is 23.6 Å². The molecule has 0 bridgehead atoms. The van der Waals surface area contributed by atoms with Gasteiger partial charge in [-0.2, -0.15) is 0 Å². The summed E-state index contributed by atoms with van der Waals surface area (Å²) in [6.07, 6.45) is 7.08. The van der Waals surface area contributed by atoms with Gasteiger partial charge >= 0.3 is 0 Å². The van der Waals surface area contributed by atoms with Gasteiger partial charge in [-0.05, 0) is 31.9 Å². The van der Waals surface area contributed by atoms with E-state index >= 15 is 0 Å². The maximum Gasteiger partial charge on any atom is 0.242 e. The van der Waals surface area contributed by atoms with E-state index in [1.165, 1.54) is 6.42 Å². The number of rotatable bonds is 6. The Labute approximate surface area is 128 Å². The van der Waals surface area contributed by atoms with Crippen molar-refractivity contribution in [3.8, 4) is 0 Å². The molecule has 1 aliphatic rings. The van der Waals surface area contributed by atoms with Crippen LogP contribution in [0.3, 0.4) is 0 Å². The Balaban J connectivity index is 2.09. The van der Waals surface area contributed by atoms with E-state index in [0.717, 1.165) is 31.4 Å². The molecule has 0 amide bonds. The number of nitrogens with one attached hydrogen (secondary N) is 2. The number of sulfonamides is 1. The van der Waals surface area contributed by atoms with Crippen LogP contribution in [0.15, 0.2) is 17.2 Å². The smallest absolute Gasteiger partial charge is 0.242 e. The summed E-state index contributed by atoms with van der Waals surface area (Å²) >= 11 is 0. The second-order valence-corrected chi connectivity index (χ2v) is 7.78. The van der Waals surface area contributed by atoms with Crippen LogP contribution in [0.5, 0.6) is 0 Å². The molecule has 1 heterocycles. The van der Waals surface area contributed by atoms with Crippen LogP contribution in [-0.4, -0.2) is 26.1 Å². The lowest BCUT2D eigenvalue weighted by Gasteiger charge is -2.28. The van der Waals surface area contributed by atoms with Crippen molar-refractivity contribution in [2.24, 2.45) is 13.0 Å². The molecular formula is C15H27N3O2S. The highest BCUT2D eigenvalue weighted by Crippen LogP contribution is 2.27. The predicted octanol–water partition coefficient (Wildman–Crippen LogP) is 1.99. The van der Waals surface area contributed by atoms with Crippen molar-refractivity contribution in [3.05, 3.63) is 18.0 Å². The van der Waals surface area contributed by atoms with Crippen LogP contribution >= 0.6 is 0 Å². The highest BCUT2D eigenvalue weighted by Gasteiger charge is 2.26. The molecule has 0 spiro atoms. The van der Waals surface area contributed by atoms with E-state index < -0.39 is 10.0 Å². The molecule has 0 radical (unpaired) electrons. The summed E-state index contributed by atoms with van der Waals surface area (Å²) in [5.41, 5.74) is 0.966. The lowest BCUT2D eigenvalue weighted by Crippen LogP contribution is -2.38. The van der Waals surface area contributed by atoms with Crippen LogP contribution in [0.25, 0.3) is 0 Å². The summed E-state index contributed by atoms with van der Waals surface area (Å²) in [6, 6.07) is 1.83. The first-order valence-corrected chi connectivity index (χ1v) is 9.26. The van der Waals surface area contributed by atoms with E-state index in [2.05, 4.69) is 17.0 Å². The Bertz CT molecular complexity index is 565. The summed E-state index contributed by atoms with van der Waals surface area (Å²) in [7, 11) is 0.318. The number of hydrogen-bond donors (Lipinski definition) is 2. The van der Waals surface area contributed by atoms with Gasteiger partial charge in [-0.25, -0.2) is 13.1 Å². The quantitative estimate of drug-likeness (QED) is 0.844. The molecule has 1 aliphatic carbocycles. The number of hydrogen-bond acceptors (Lipinski definition) is 3. The van der Waals surface area contributed by atoms with Gasteiger partial charge < -0.3 is 9.88 Å². The van der Waals surface area contributed by atoms with Crippen molar-refractivity contribution < 1.29 is 8.42 Å². The van der Waals surface area contributed by atoms with Gasteiger partial charge in [0.2, 0.25) is 10.0 Å². The number of aromatic nitrogens is 1. The van der Waals surface area contributed by atoms with Crippen LogP contribution < -0.4 is 10.0 Å². The van der Waals surface area contributed by atoms with Gasteiger partial charge in [-0.1, -0.05) is 26.2 Å². The lowest BCUT2D eigenvalue weighted by molar-refractivity contribution is 0.301. The predicted molar refractivity (Wildman–Crippen MR) is 84.5 cm³/mol. The van der Waals surface area contributed by atoms with Crippen molar-refractivity contribution in [3.63, 3.8) is 0 Å². The zero-order valence-electron chi connectivity index (χ0n) is 13.2. The average Bonchev–Trinajstić information content (AvgIpc) is 2.81. The lowest BCUT2D eigenvalue weighted by atomic mass is 9.85. The normalized spacial score (nSPS) is 23.4. The zero-order chi connectivity index (χ0) is 15.5. The molecule has 0 aromatic carbocycles. The zero-order valence-corrected chi connectivity index (χ0v) is 14.0. The minimum atomic E-state index is -3.41. The van der Waals surface area contributed by atoms with Crippen LogP contribution in [0.2, 0.25) is 0 Å². The summed E-state index contributed by atoms with van der Waals surface area (Å²) in [5.74, 6) is 0.655. The number of nitrogens with zero attached hydrogens (tertiary/aromatic N) is 1. The highest BCUT2D eigenvalue weighted by atomic mass is 32.2. The first-order valence-electron chi connectivity index (χ1n) is 7.78. The Morgan fingerprint density at radius 2 is 2.14 bits per heavy atom. The summed E-state index contributed by atoms with van der Waals surface area (Å²) < 4.78 is 29.8. The van der Waals surface area contributed by atoms with Crippen molar-refractivity contribution in [1.29, 1.82) is 0 Å². The largest absolute Gasteiger partial charge is 0.352 e. The molecule has 5 nitrogen and oxygen atoms in total. The Kier molecular flexibility index (Phi) is 5.46. The number of aryl methyl sites for hydroxylation is 1. The molecule has 2 unspecified atom stereocenters. The molecule has 1 aromatic heterocycles. The maximum absolute atomic E-state index is 12.5. The molecule has 0 saturated heterocycles. The molecule has 2 atom stereocenters. The summed E-state index contributed by atoms with van der Waals surface area (Å²) in [5, 5.41) is 3.05. The Morgan fingerprint density at radius 3 is 2.81 bits per heavy atom. The average molecular weight is 313 g/mol. The van der Waals surface area contributed by atoms with Crippen LogP contribution in [0.1, 0.15) is 44.7 Å². The van der Waals surface area contributed by atoms with E-state index in [0.29, 0.717) is 17.4 Å². The van der Waals surface area contributed by atoms with Gasteiger partial charge in [0.25, 0.3) is 0 Å². The summed E-state index contributed by atoms with van der Waals surface area (Å²) in [6.45, 7) is 2.84. The van der Waals surface area contributed by atoms with Gasteiger partial charge in [0, 0.05) is 31.5 Å². The van der Waals surface area contributed by atoms with E-state index in [9.17, 15) is 8.42 Å². The summed E-state index contributed by atoms with van der Waals surface area (Å²) in [4.78, 5) is 0.369. The molecule has 1 fully saturated rings. The van der Waals surface area contributed by atoms with Gasteiger partial charge in [-0.15, -0.1) is 0 Å². The van der Waals surface area contributed by atoms with Crippen molar-refractivity contribution in [2.75, 3.05) is 7.05 Å². The molecule has 1 aromatic rings. The van der Waals surface area contributed by atoms with Crippen molar-refractivity contribution in [2.45, 2.75) is 56.5 Å². The van der Waals surface area contributed by atoms with E-state index in [-0.39, 0.29) is 6.04 Å². The van der Waals surface area contributed by atoms with E-state index in [1.807, 2.05) is 18.7 Å². The second kappa shape index (κ2) is 6.94. The standard InChI is InChI=1S/C15H27N3O2S/c1-4-12-6-5-7-13(8-12)17-21(19,20)15-9-14(10-16-2)18(3)11-15/h9,11-13,16-17H,4-8,10H2,1-3H3. The van der Waals surface area contributed by atoms with Gasteiger partial charge in [-0.3, -0.25) is 0 Å². The fourth-order valence-electron chi connectivity index (χ4n) is 3.14. The minimum Gasteiger partial charge on any atom is -0.352 e. The minimum absolute atomic E-state index is 0.0849. The fraction of sp³-hybridized carbons (Fsp3) is 0.733. The van der Waals surface area contributed by atoms with E-state index in [1.54, 1.807) is 12.3 Å². The third-order valence-electron chi connectivity index (χ3n) is 4.43. The molecule has 2 rings (SSSR count). The highest BCUT2D eigenvalue weighted by molar-refractivity contribution is 7.89. The first-order chi connectivity index (χ1) is 9.96. The van der Waals surface area contributed by atoms with Crippen molar-refractivity contribution in [1.82, 2.24) is 14.6 Å². The topological polar surface area (TPSA) is 63.1 Å². The van der Waals surface area contributed by atoms with Gasteiger partial charge in [0.1, 0.15) is 0 Å². The van der Waals surface area contributed by atoms with Crippen LogP contribution in [0.4, 0.5) is 0 Å². The van der Waals surface area contributed by atoms with Gasteiger partial charge in [0.05, 0.1) is 4.90 Å². The molecule has 21 heavy (non-hydrogen) atoms. The van der Waals surface area contributed by atoms with Gasteiger partial charge in [0.15, 0.2) is 0 Å². The molecule has 1 saturated carbocycles. The van der Waals surface area contributed by atoms with Crippen molar-refractivity contribution >= 4 is 10.0 Å². The fourth-order valence-corrected chi connectivity index (χ4v) is 4.51. The third kappa shape index (κ3) is 4.08. The maximum atomic E-state index is 12.5. The molecular weight excluding hydrogens is 286 g/mol. The SMILES string of the molecule is CCC1CCCC(NS(=O)(=O)c2cc(CNC)n(C)c2)C1. The molecule has 6 heteroatoms. The second-order valence-electron chi connectivity index (χ2n) is 6.07. The molecule has 120 valence electrons. The monoisotopic (exact) mass is 313 g/mol.